The Morgan fingerprint density at radius 1 is 0.865 bits per heavy atom. The van der Waals surface area contributed by atoms with Crippen LogP contribution in [-0.2, 0) is 21.2 Å². The smallest absolute Gasteiger partial charge is 0.288 e. The van der Waals surface area contributed by atoms with Crippen molar-refractivity contribution in [2.45, 2.75) is 57.9 Å². The zero-order valence-corrected chi connectivity index (χ0v) is 22.4. The lowest BCUT2D eigenvalue weighted by Gasteiger charge is -2.28. The Balaban J connectivity index is 1.61. The van der Waals surface area contributed by atoms with Crippen LogP contribution in [0, 0.1) is 0 Å². The van der Waals surface area contributed by atoms with E-state index in [1.54, 1.807) is 6.21 Å². The van der Waals surface area contributed by atoms with Crippen LogP contribution in [0.25, 0.3) is 0 Å². The normalized spacial score (nSPS) is 15.4. The predicted molar refractivity (Wildman–Crippen MR) is 149 cm³/mol. The number of carbonyl (C=O) groups excluding carboxylic acids is 1. The number of aromatic hydroxyl groups is 1. The van der Waals surface area contributed by atoms with Crippen molar-refractivity contribution in [3.05, 3.63) is 112 Å². The fourth-order valence-corrected chi connectivity index (χ4v) is 4.56. The van der Waals surface area contributed by atoms with Crippen molar-refractivity contribution >= 4 is 12.1 Å². The summed E-state index contributed by atoms with van der Waals surface area (Å²) in [6, 6.07) is 23.8. The van der Waals surface area contributed by atoms with Crippen molar-refractivity contribution in [1.82, 2.24) is 16.3 Å². The maximum absolute atomic E-state index is 13.1. The monoisotopic (exact) mass is 496 g/mol. The van der Waals surface area contributed by atoms with Crippen LogP contribution in [0.5, 0.6) is 5.75 Å². The molecule has 4 rings (SSSR count). The molecule has 6 heteroatoms. The Morgan fingerprint density at radius 3 is 1.81 bits per heavy atom. The van der Waals surface area contributed by atoms with Crippen molar-refractivity contribution in [3.63, 3.8) is 0 Å². The highest BCUT2D eigenvalue weighted by Gasteiger charge is 2.38. The number of hydrogen-bond acceptors (Lipinski definition) is 5. The first kappa shape index (κ1) is 26.2. The second kappa shape index (κ2) is 9.87. The number of benzene rings is 3. The molecule has 0 aromatic heterocycles. The highest BCUT2D eigenvalue weighted by atomic mass is 16.3. The molecule has 3 aromatic carbocycles. The summed E-state index contributed by atoms with van der Waals surface area (Å²) in [4.78, 5) is 13.1. The summed E-state index contributed by atoms with van der Waals surface area (Å²) in [5.41, 5.74) is 12.7. The van der Waals surface area contributed by atoms with E-state index in [0.29, 0.717) is 11.4 Å². The molecule has 0 radical (unpaired) electrons. The Bertz CT molecular complexity index is 1260. The van der Waals surface area contributed by atoms with Gasteiger partial charge in [-0.2, -0.15) is 5.10 Å². The fraction of sp³-hybridized carbons (Fsp3) is 0.290. The molecule has 1 heterocycles. The summed E-state index contributed by atoms with van der Waals surface area (Å²) in [6.45, 7) is 12.4. The van der Waals surface area contributed by atoms with Gasteiger partial charge in [-0.25, -0.2) is 10.9 Å². The minimum absolute atomic E-state index is 0.250. The second-order valence-corrected chi connectivity index (χ2v) is 11.5. The number of hydrazine groups is 1. The Morgan fingerprint density at radius 2 is 1.35 bits per heavy atom. The second-order valence-electron chi connectivity index (χ2n) is 11.5. The molecule has 37 heavy (non-hydrogen) atoms. The standard InChI is InChI=1S/C31H36N4O2/c1-29(2,3)24-17-21(18-25(27(24)36)30(4,5)6)20-32-34-28(37)26-19-31(35-33-26,22-13-9-7-10-14-22)23-15-11-8-12-16-23/h7-20,33,35-36H,1-6H3,(H,34,37)/b32-20+. The molecule has 0 bridgehead atoms. The van der Waals surface area contributed by atoms with Gasteiger partial charge in [0, 0.05) is 11.1 Å². The van der Waals surface area contributed by atoms with Crippen LogP contribution in [0.15, 0.2) is 89.7 Å². The minimum atomic E-state index is -0.695. The van der Waals surface area contributed by atoms with Crippen molar-refractivity contribution in [2.75, 3.05) is 0 Å². The highest BCUT2D eigenvalue weighted by Crippen LogP contribution is 2.39. The largest absolute Gasteiger partial charge is 0.507 e. The van der Waals surface area contributed by atoms with E-state index in [9.17, 15) is 9.90 Å². The molecule has 4 N–H and O–H groups in total. The number of amides is 1. The van der Waals surface area contributed by atoms with Crippen LogP contribution in [-0.4, -0.2) is 17.2 Å². The first-order chi connectivity index (χ1) is 17.4. The molecule has 1 aliphatic heterocycles. The lowest BCUT2D eigenvalue weighted by atomic mass is 9.78. The van der Waals surface area contributed by atoms with Gasteiger partial charge in [0.05, 0.1) is 6.21 Å². The number of rotatable bonds is 5. The topological polar surface area (TPSA) is 85.8 Å². The number of hydrazone groups is 1. The van der Waals surface area contributed by atoms with Gasteiger partial charge in [0.1, 0.15) is 17.0 Å². The van der Waals surface area contributed by atoms with Crippen molar-refractivity contribution in [2.24, 2.45) is 5.10 Å². The molecule has 0 saturated carbocycles. The zero-order chi connectivity index (χ0) is 26.8. The molecular formula is C31H36N4O2. The van der Waals surface area contributed by atoms with Crippen LogP contribution in [0.1, 0.15) is 69.4 Å². The number of nitrogens with zero attached hydrogens (tertiary/aromatic N) is 1. The first-order valence-electron chi connectivity index (χ1n) is 12.5. The van der Waals surface area contributed by atoms with E-state index in [4.69, 9.17) is 0 Å². The van der Waals surface area contributed by atoms with E-state index in [1.807, 2.05) is 78.9 Å². The van der Waals surface area contributed by atoms with Crippen LogP contribution < -0.4 is 16.3 Å². The lowest BCUT2D eigenvalue weighted by molar-refractivity contribution is -0.117. The number of hydrogen-bond donors (Lipinski definition) is 4. The molecule has 0 fully saturated rings. The Hall–Kier alpha value is -3.90. The van der Waals surface area contributed by atoms with Gasteiger partial charge in [-0.15, -0.1) is 0 Å². The van der Waals surface area contributed by atoms with E-state index in [1.165, 1.54) is 0 Å². The van der Waals surface area contributed by atoms with Gasteiger partial charge in [0.15, 0.2) is 0 Å². The lowest BCUT2D eigenvalue weighted by Crippen LogP contribution is -2.44. The summed E-state index contributed by atoms with van der Waals surface area (Å²) < 4.78 is 0. The van der Waals surface area contributed by atoms with Crippen molar-refractivity contribution in [1.29, 1.82) is 0 Å². The summed E-state index contributed by atoms with van der Waals surface area (Å²) >= 11 is 0. The molecule has 0 aliphatic carbocycles. The third-order valence-corrected chi connectivity index (χ3v) is 6.59. The SMILES string of the molecule is CC(C)(C)c1cc(/C=N/NC(=O)C2=CC(c3ccccc3)(c3ccccc3)NN2)cc(C(C)(C)C)c1O. The third-order valence-electron chi connectivity index (χ3n) is 6.59. The minimum Gasteiger partial charge on any atom is -0.507 e. The highest BCUT2D eigenvalue weighted by molar-refractivity contribution is 5.94. The van der Waals surface area contributed by atoms with Crippen LogP contribution in [0.2, 0.25) is 0 Å². The molecule has 3 aromatic rings. The molecule has 6 nitrogen and oxygen atoms in total. The molecule has 1 aliphatic rings. The molecule has 0 unspecified atom stereocenters. The third kappa shape index (κ3) is 5.44. The predicted octanol–water partition coefficient (Wildman–Crippen LogP) is 5.37. The van der Waals surface area contributed by atoms with E-state index in [0.717, 1.165) is 27.8 Å². The van der Waals surface area contributed by atoms with Crippen LogP contribution >= 0.6 is 0 Å². The summed E-state index contributed by atoms with van der Waals surface area (Å²) in [5, 5.41) is 15.2. The average molecular weight is 497 g/mol. The Labute approximate surface area is 219 Å². The average Bonchev–Trinajstić information content (AvgIpc) is 3.31. The van der Waals surface area contributed by atoms with Gasteiger partial charge >= 0.3 is 0 Å². The van der Waals surface area contributed by atoms with E-state index >= 15 is 0 Å². The quantitative estimate of drug-likeness (QED) is 0.283. The maximum Gasteiger partial charge on any atom is 0.288 e. The van der Waals surface area contributed by atoms with Crippen molar-refractivity contribution in [3.8, 4) is 5.75 Å². The number of nitrogens with one attached hydrogen (secondary N) is 3. The van der Waals surface area contributed by atoms with Gasteiger partial charge < -0.3 is 10.5 Å². The van der Waals surface area contributed by atoms with E-state index in [-0.39, 0.29) is 16.7 Å². The fourth-order valence-electron chi connectivity index (χ4n) is 4.56. The van der Waals surface area contributed by atoms with Gasteiger partial charge in [-0.3, -0.25) is 4.79 Å². The molecule has 0 atom stereocenters. The van der Waals surface area contributed by atoms with Gasteiger partial charge in [0.25, 0.3) is 5.91 Å². The summed E-state index contributed by atoms with van der Waals surface area (Å²) in [5.74, 6) is -0.0471. The van der Waals surface area contributed by atoms with E-state index < -0.39 is 5.54 Å². The zero-order valence-electron chi connectivity index (χ0n) is 22.4. The van der Waals surface area contributed by atoms with Crippen molar-refractivity contribution < 1.29 is 9.90 Å². The number of carbonyl (C=O) groups is 1. The Kier molecular flexibility index (Phi) is 6.98. The first-order valence-corrected chi connectivity index (χ1v) is 12.5. The van der Waals surface area contributed by atoms with Gasteiger partial charge in [-0.1, -0.05) is 102 Å². The van der Waals surface area contributed by atoms with Crippen LogP contribution in [0.4, 0.5) is 0 Å². The van der Waals surface area contributed by atoms with Gasteiger partial charge in [-0.05, 0) is 45.7 Å². The molecule has 1 amide bonds. The van der Waals surface area contributed by atoms with Gasteiger partial charge in [0.2, 0.25) is 0 Å². The number of phenolic OH excluding ortho intramolecular Hbond substituents is 1. The number of phenols is 1. The molecule has 192 valence electrons. The maximum atomic E-state index is 13.1. The molecule has 0 saturated heterocycles. The molecule has 0 spiro atoms. The van der Waals surface area contributed by atoms with Crippen LogP contribution in [0.3, 0.4) is 0 Å². The summed E-state index contributed by atoms with van der Waals surface area (Å²) in [7, 11) is 0. The van der Waals surface area contributed by atoms with E-state index in [2.05, 4.69) is 62.9 Å². The summed E-state index contributed by atoms with van der Waals surface area (Å²) in [6.07, 6.45) is 3.50. The molecular weight excluding hydrogens is 460 g/mol.